The summed E-state index contributed by atoms with van der Waals surface area (Å²) in [4.78, 5) is 4.49. The van der Waals surface area contributed by atoms with Crippen LogP contribution in [0.4, 0.5) is 0 Å². The fraction of sp³-hybridized carbons (Fsp3) is 0.357. The Hall–Kier alpha value is -0.840. The maximum Gasteiger partial charge on any atom is 0.130 e. The molecule has 0 aliphatic carbocycles. The minimum atomic E-state index is 0.0617. The summed E-state index contributed by atoms with van der Waals surface area (Å²) in [5.41, 5.74) is 1.15. The van der Waals surface area contributed by atoms with E-state index in [-0.39, 0.29) is 6.04 Å². The number of nitrogens with zero attached hydrogens (tertiary/aromatic N) is 2. The molecule has 0 radical (unpaired) electrons. The number of imidazole rings is 1. The summed E-state index contributed by atoms with van der Waals surface area (Å²) in [6, 6.07) is 5.92. The summed E-state index contributed by atoms with van der Waals surface area (Å²) in [6.45, 7) is 5.99. The van der Waals surface area contributed by atoms with E-state index in [1.54, 1.807) is 0 Å². The minimum Gasteiger partial charge on any atom is -0.334 e. The Balaban J connectivity index is 2.45. The van der Waals surface area contributed by atoms with Crippen molar-refractivity contribution in [2.45, 2.75) is 26.4 Å². The highest BCUT2D eigenvalue weighted by atomic mass is 79.9. The van der Waals surface area contributed by atoms with Crippen molar-refractivity contribution >= 4 is 27.5 Å². The molecule has 0 aliphatic rings. The van der Waals surface area contributed by atoms with Crippen LogP contribution in [0.3, 0.4) is 0 Å². The lowest BCUT2D eigenvalue weighted by Crippen LogP contribution is -2.25. The van der Waals surface area contributed by atoms with Crippen molar-refractivity contribution in [3.8, 4) is 0 Å². The Morgan fingerprint density at radius 2 is 2.21 bits per heavy atom. The van der Waals surface area contributed by atoms with Crippen LogP contribution in [0.5, 0.6) is 0 Å². The number of hydrogen-bond acceptors (Lipinski definition) is 2. The normalized spacial score (nSPS) is 12.6. The number of benzene rings is 1. The molecule has 1 heterocycles. The number of rotatable bonds is 5. The standard InChI is InChI=1S/C14H17BrClN3/c1-3-17-13(14-18-7-8-19(14)4-2)11-6-5-10(16)9-12(11)15/h5-9,13,17H,3-4H2,1-2H3. The molecular formula is C14H17BrClN3. The summed E-state index contributed by atoms with van der Waals surface area (Å²) >= 11 is 9.60. The second-order valence-electron chi connectivity index (χ2n) is 4.23. The molecule has 1 unspecified atom stereocenters. The maximum atomic E-state index is 6.01. The van der Waals surface area contributed by atoms with Crippen LogP contribution in [0.2, 0.25) is 5.02 Å². The van der Waals surface area contributed by atoms with Gasteiger partial charge in [-0.15, -0.1) is 0 Å². The van der Waals surface area contributed by atoms with Crippen LogP contribution in [-0.2, 0) is 6.54 Å². The molecule has 2 rings (SSSR count). The molecule has 0 aliphatic heterocycles. The zero-order chi connectivity index (χ0) is 13.8. The van der Waals surface area contributed by atoms with E-state index in [2.05, 4.69) is 44.6 Å². The number of aryl methyl sites for hydroxylation is 1. The lowest BCUT2D eigenvalue weighted by molar-refractivity contribution is 0.557. The highest BCUT2D eigenvalue weighted by Gasteiger charge is 2.20. The molecule has 3 nitrogen and oxygen atoms in total. The second-order valence-corrected chi connectivity index (χ2v) is 5.52. The van der Waals surface area contributed by atoms with Gasteiger partial charge in [-0.2, -0.15) is 0 Å². The van der Waals surface area contributed by atoms with Gasteiger partial charge in [0.2, 0.25) is 0 Å². The Kier molecular flexibility index (Phi) is 5.02. The molecule has 19 heavy (non-hydrogen) atoms. The van der Waals surface area contributed by atoms with Crippen LogP contribution < -0.4 is 5.32 Å². The van der Waals surface area contributed by atoms with Crippen LogP contribution in [0, 0.1) is 0 Å². The van der Waals surface area contributed by atoms with E-state index in [1.807, 2.05) is 30.6 Å². The first-order valence-corrected chi connectivity index (χ1v) is 7.53. The SMILES string of the molecule is CCNC(c1ccc(Cl)cc1Br)c1nccn1CC. The summed E-state index contributed by atoms with van der Waals surface area (Å²) in [5, 5.41) is 4.21. The first-order chi connectivity index (χ1) is 9.17. The molecule has 1 aromatic carbocycles. The number of halogens is 2. The van der Waals surface area contributed by atoms with Gasteiger partial charge in [-0.05, 0) is 31.2 Å². The average Bonchev–Trinajstić information content (AvgIpc) is 2.85. The van der Waals surface area contributed by atoms with Crippen molar-refractivity contribution in [1.82, 2.24) is 14.9 Å². The van der Waals surface area contributed by atoms with Crippen molar-refractivity contribution in [3.63, 3.8) is 0 Å². The minimum absolute atomic E-state index is 0.0617. The van der Waals surface area contributed by atoms with Gasteiger partial charge in [0, 0.05) is 28.4 Å². The molecule has 102 valence electrons. The highest BCUT2D eigenvalue weighted by molar-refractivity contribution is 9.10. The van der Waals surface area contributed by atoms with Gasteiger partial charge in [0.05, 0.1) is 6.04 Å². The van der Waals surface area contributed by atoms with Crippen LogP contribution in [-0.4, -0.2) is 16.1 Å². The van der Waals surface area contributed by atoms with Gasteiger partial charge >= 0.3 is 0 Å². The number of aromatic nitrogens is 2. The fourth-order valence-corrected chi connectivity index (χ4v) is 3.04. The molecule has 0 saturated carbocycles. The molecule has 5 heteroatoms. The van der Waals surface area contributed by atoms with Crippen molar-refractivity contribution in [2.24, 2.45) is 0 Å². The Labute approximate surface area is 127 Å². The Morgan fingerprint density at radius 1 is 1.42 bits per heavy atom. The van der Waals surface area contributed by atoms with Crippen LogP contribution in [0.15, 0.2) is 35.1 Å². The monoisotopic (exact) mass is 341 g/mol. The van der Waals surface area contributed by atoms with Gasteiger partial charge in [0.25, 0.3) is 0 Å². The van der Waals surface area contributed by atoms with Crippen LogP contribution in [0.25, 0.3) is 0 Å². The van der Waals surface area contributed by atoms with Gasteiger partial charge in [-0.3, -0.25) is 0 Å². The molecular weight excluding hydrogens is 326 g/mol. The fourth-order valence-electron chi connectivity index (χ4n) is 2.13. The molecule has 0 amide bonds. The Bertz CT molecular complexity index is 553. The van der Waals surface area contributed by atoms with Crippen LogP contribution in [0.1, 0.15) is 31.3 Å². The van der Waals surface area contributed by atoms with Gasteiger partial charge in [-0.1, -0.05) is 40.5 Å². The van der Waals surface area contributed by atoms with Crippen molar-refractivity contribution in [3.05, 3.63) is 51.5 Å². The first kappa shape index (κ1) is 14.6. The summed E-state index contributed by atoms with van der Waals surface area (Å²) in [5.74, 6) is 1.02. The molecule has 2 aromatic rings. The first-order valence-electron chi connectivity index (χ1n) is 6.36. The Morgan fingerprint density at radius 3 is 2.84 bits per heavy atom. The van der Waals surface area contributed by atoms with Gasteiger partial charge in [0.15, 0.2) is 0 Å². The van der Waals surface area contributed by atoms with E-state index in [0.29, 0.717) is 0 Å². The maximum absolute atomic E-state index is 6.01. The van der Waals surface area contributed by atoms with Crippen molar-refractivity contribution < 1.29 is 0 Å². The summed E-state index contributed by atoms with van der Waals surface area (Å²) in [7, 11) is 0. The van der Waals surface area contributed by atoms with Gasteiger partial charge < -0.3 is 9.88 Å². The van der Waals surface area contributed by atoms with E-state index < -0.39 is 0 Å². The topological polar surface area (TPSA) is 29.9 Å². The lowest BCUT2D eigenvalue weighted by Gasteiger charge is -2.20. The van der Waals surface area contributed by atoms with Crippen molar-refractivity contribution in [1.29, 1.82) is 0 Å². The third-order valence-electron chi connectivity index (χ3n) is 3.03. The van der Waals surface area contributed by atoms with E-state index in [0.717, 1.165) is 34.0 Å². The molecule has 0 bridgehead atoms. The predicted octanol–water partition coefficient (Wildman–Crippen LogP) is 4.02. The molecule has 0 saturated heterocycles. The van der Waals surface area contributed by atoms with Gasteiger partial charge in [0.1, 0.15) is 5.82 Å². The zero-order valence-electron chi connectivity index (χ0n) is 11.0. The number of nitrogens with one attached hydrogen (secondary N) is 1. The van der Waals surface area contributed by atoms with E-state index in [9.17, 15) is 0 Å². The van der Waals surface area contributed by atoms with E-state index in [4.69, 9.17) is 11.6 Å². The summed E-state index contributed by atoms with van der Waals surface area (Å²) < 4.78 is 3.14. The van der Waals surface area contributed by atoms with E-state index >= 15 is 0 Å². The molecule has 1 aromatic heterocycles. The summed E-state index contributed by atoms with van der Waals surface area (Å²) in [6.07, 6.45) is 3.84. The van der Waals surface area contributed by atoms with E-state index in [1.165, 1.54) is 0 Å². The highest BCUT2D eigenvalue weighted by Crippen LogP contribution is 2.30. The van der Waals surface area contributed by atoms with Crippen LogP contribution >= 0.6 is 27.5 Å². The predicted molar refractivity (Wildman–Crippen MR) is 82.6 cm³/mol. The molecule has 0 fully saturated rings. The lowest BCUT2D eigenvalue weighted by atomic mass is 10.1. The molecule has 1 atom stereocenters. The smallest absolute Gasteiger partial charge is 0.130 e. The molecule has 0 spiro atoms. The number of hydrogen-bond donors (Lipinski definition) is 1. The van der Waals surface area contributed by atoms with Gasteiger partial charge in [-0.25, -0.2) is 4.98 Å². The molecule has 1 N–H and O–H groups in total. The largest absolute Gasteiger partial charge is 0.334 e. The quantitative estimate of drug-likeness (QED) is 0.889. The third-order valence-corrected chi connectivity index (χ3v) is 3.95. The second kappa shape index (κ2) is 6.55. The zero-order valence-corrected chi connectivity index (χ0v) is 13.4. The average molecular weight is 343 g/mol. The van der Waals surface area contributed by atoms with Crippen molar-refractivity contribution in [2.75, 3.05) is 6.54 Å². The third kappa shape index (κ3) is 3.19.